The molecule has 0 radical (unpaired) electrons. The van der Waals surface area contributed by atoms with Crippen LogP contribution in [0, 0.1) is 25.7 Å². The van der Waals surface area contributed by atoms with Gasteiger partial charge in [-0.1, -0.05) is 37.6 Å². The van der Waals surface area contributed by atoms with Crippen LogP contribution in [-0.4, -0.2) is 48.6 Å². The zero-order chi connectivity index (χ0) is 24.2. The van der Waals surface area contributed by atoms with Crippen LogP contribution in [0.1, 0.15) is 53.7 Å². The quantitative estimate of drug-likeness (QED) is 0.565. The molecule has 0 saturated carbocycles. The number of piperidine rings is 1. The summed E-state index contributed by atoms with van der Waals surface area (Å²) in [7, 11) is 0. The lowest BCUT2D eigenvalue weighted by Gasteiger charge is -2.34. The average Bonchev–Trinajstić information content (AvgIpc) is 2.80. The molecule has 2 unspecified atom stereocenters. The average molecular weight is 480 g/mol. The molecular weight excluding hydrogens is 442 g/mol. The molecule has 0 spiro atoms. The van der Waals surface area contributed by atoms with Crippen LogP contribution in [0.5, 0.6) is 0 Å². The van der Waals surface area contributed by atoms with Crippen LogP contribution in [0.2, 0.25) is 0 Å². The molecule has 2 amide bonds. The van der Waals surface area contributed by atoms with E-state index < -0.39 is 0 Å². The lowest BCUT2D eigenvalue weighted by Crippen LogP contribution is -2.40. The highest BCUT2D eigenvalue weighted by Crippen LogP contribution is 2.37. The standard InChI is InChI=1S/C28H37N3O2S/c1-19-6-7-22(4)24(13-19)17-31-25-14-23(8-9-26(25)34-18-27(31)32)28(33)29-10-5-11-30-15-20(2)12-21(3)16-30/h6-9,13-14,20-21H,5,10-12,15-18H2,1-4H3,(H,29,33). The maximum absolute atomic E-state index is 12.9. The minimum atomic E-state index is -0.0714. The molecule has 2 aromatic carbocycles. The second kappa shape index (κ2) is 11.0. The summed E-state index contributed by atoms with van der Waals surface area (Å²) in [5, 5.41) is 3.08. The normalized spacial score (nSPS) is 20.8. The largest absolute Gasteiger partial charge is 0.352 e. The van der Waals surface area contributed by atoms with E-state index in [0.29, 0.717) is 24.4 Å². The SMILES string of the molecule is Cc1ccc(C)c(CN2C(=O)CSc3ccc(C(=O)NCCCN4CC(C)CC(C)C4)cc32)c1. The minimum Gasteiger partial charge on any atom is -0.352 e. The van der Waals surface area contributed by atoms with Crippen molar-refractivity contribution in [3.63, 3.8) is 0 Å². The Hall–Kier alpha value is -2.31. The van der Waals surface area contributed by atoms with Crippen LogP contribution in [0.15, 0.2) is 41.3 Å². The Labute approximate surface area is 208 Å². The van der Waals surface area contributed by atoms with Crippen LogP contribution in [0.25, 0.3) is 0 Å². The number of fused-ring (bicyclic) bond motifs is 1. The number of benzene rings is 2. The molecule has 6 heteroatoms. The van der Waals surface area contributed by atoms with Crippen LogP contribution >= 0.6 is 11.8 Å². The molecule has 0 aliphatic carbocycles. The number of rotatable bonds is 7. The summed E-state index contributed by atoms with van der Waals surface area (Å²) in [5.74, 6) is 1.94. The highest BCUT2D eigenvalue weighted by Gasteiger charge is 2.26. The van der Waals surface area contributed by atoms with E-state index in [1.807, 2.05) is 23.1 Å². The fraction of sp³-hybridized carbons (Fsp3) is 0.500. The number of likely N-dealkylation sites (tertiary alicyclic amines) is 1. The van der Waals surface area contributed by atoms with Crippen LogP contribution < -0.4 is 10.2 Å². The van der Waals surface area contributed by atoms with E-state index >= 15 is 0 Å². The van der Waals surface area contributed by atoms with Gasteiger partial charge in [-0.2, -0.15) is 0 Å². The van der Waals surface area contributed by atoms with Gasteiger partial charge in [0.05, 0.1) is 18.0 Å². The summed E-state index contributed by atoms with van der Waals surface area (Å²) in [6, 6.07) is 12.1. The van der Waals surface area contributed by atoms with Crippen molar-refractivity contribution >= 4 is 29.3 Å². The zero-order valence-corrected chi connectivity index (χ0v) is 21.7. The van der Waals surface area contributed by atoms with Gasteiger partial charge in [0.1, 0.15) is 0 Å². The summed E-state index contributed by atoms with van der Waals surface area (Å²) in [4.78, 5) is 31.2. The molecule has 2 atom stereocenters. The lowest BCUT2D eigenvalue weighted by atomic mass is 9.92. The molecule has 2 heterocycles. The monoisotopic (exact) mass is 479 g/mol. The number of anilines is 1. The van der Waals surface area contributed by atoms with Crippen molar-refractivity contribution < 1.29 is 9.59 Å². The predicted octanol–water partition coefficient (Wildman–Crippen LogP) is 5.04. The Morgan fingerprint density at radius 3 is 2.62 bits per heavy atom. The topological polar surface area (TPSA) is 52.7 Å². The minimum absolute atomic E-state index is 0.0714. The van der Waals surface area contributed by atoms with Crippen molar-refractivity contribution in [2.45, 2.75) is 52.0 Å². The van der Waals surface area contributed by atoms with Gasteiger partial charge in [-0.15, -0.1) is 11.8 Å². The first kappa shape index (κ1) is 24.8. The maximum Gasteiger partial charge on any atom is 0.251 e. The molecule has 0 bridgehead atoms. The van der Waals surface area contributed by atoms with Crippen molar-refractivity contribution in [3.05, 3.63) is 58.7 Å². The Kier molecular flexibility index (Phi) is 7.99. The Morgan fingerprint density at radius 1 is 1.09 bits per heavy atom. The van der Waals surface area contributed by atoms with Gasteiger partial charge in [-0.05, 0) is 74.4 Å². The van der Waals surface area contributed by atoms with Crippen molar-refractivity contribution in [3.8, 4) is 0 Å². The van der Waals surface area contributed by atoms with Crippen molar-refractivity contribution in [2.24, 2.45) is 11.8 Å². The summed E-state index contributed by atoms with van der Waals surface area (Å²) in [6.07, 6.45) is 2.26. The number of carbonyl (C=O) groups is 2. The smallest absolute Gasteiger partial charge is 0.251 e. The predicted molar refractivity (Wildman–Crippen MR) is 141 cm³/mol. The molecule has 34 heavy (non-hydrogen) atoms. The van der Waals surface area contributed by atoms with E-state index in [-0.39, 0.29) is 11.8 Å². The Morgan fingerprint density at radius 2 is 1.85 bits per heavy atom. The van der Waals surface area contributed by atoms with Crippen LogP contribution in [0.4, 0.5) is 5.69 Å². The number of carbonyl (C=O) groups excluding carboxylic acids is 2. The maximum atomic E-state index is 12.9. The molecule has 1 fully saturated rings. The van der Waals surface area contributed by atoms with Crippen molar-refractivity contribution in [1.82, 2.24) is 10.2 Å². The number of aryl methyl sites for hydroxylation is 2. The van der Waals surface area contributed by atoms with Gasteiger partial charge in [-0.25, -0.2) is 0 Å². The summed E-state index contributed by atoms with van der Waals surface area (Å²) < 4.78 is 0. The third kappa shape index (κ3) is 6.02. The molecule has 182 valence electrons. The highest BCUT2D eigenvalue weighted by atomic mass is 32.2. The second-order valence-corrected chi connectivity index (χ2v) is 11.2. The molecule has 1 N–H and O–H groups in total. The van der Waals surface area contributed by atoms with Crippen LogP contribution in [-0.2, 0) is 11.3 Å². The van der Waals surface area contributed by atoms with Gasteiger partial charge in [0.15, 0.2) is 0 Å². The van der Waals surface area contributed by atoms with Crippen molar-refractivity contribution in [2.75, 3.05) is 36.8 Å². The van der Waals surface area contributed by atoms with E-state index in [1.165, 1.54) is 17.5 Å². The lowest BCUT2D eigenvalue weighted by molar-refractivity contribution is -0.116. The van der Waals surface area contributed by atoms with Gasteiger partial charge in [-0.3, -0.25) is 9.59 Å². The number of hydrogen-bond donors (Lipinski definition) is 1. The Bertz CT molecular complexity index is 1040. The van der Waals surface area contributed by atoms with Gasteiger partial charge in [0.2, 0.25) is 5.91 Å². The fourth-order valence-corrected chi connectivity index (χ4v) is 6.15. The third-order valence-electron chi connectivity index (χ3n) is 6.88. The molecule has 0 aromatic heterocycles. The Balaban J connectivity index is 1.39. The van der Waals surface area contributed by atoms with Gasteiger partial charge < -0.3 is 15.1 Å². The summed E-state index contributed by atoms with van der Waals surface area (Å²) in [5.41, 5.74) is 4.94. The molecule has 2 aliphatic rings. The first-order chi connectivity index (χ1) is 16.3. The molecule has 4 rings (SSSR count). The second-order valence-electron chi connectivity index (χ2n) is 10.2. The zero-order valence-electron chi connectivity index (χ0n) is 20.9. The van der Waals surface area contributed by atoms with E-state index in [2.05, 4.69) is 56.1 Å². The first-order valence-electron chi connectivity index (χ1n) is 12.4. The molecule has 5 nitrogen and oxygen atoms in total. The summed E-state index contributed by atoms with van der Waals surface area (Å²) >= 11 is 1.55. The molecule has 2 aliphatic heterocycles. The molecule has 1 saturated heterocycles. The fourth-order valence-electron chi connectivity index (χ4n) is 5.24. The number of amides is 2. The molecule has 2 aromatic rings. The van der Waals surface area contributed by atoms with Crippen molar-refractivity contribution in [1.29, 1.82) is 0 Å². The summed E-state index contributed by atoms with van der Waals surface area (Å²) in [6.45, 7) is 13.3. The molecular formula is C28H37N3O2S. The number of hydrogen-bond acceptors (Lipinski definition) is 4. The highest BCUT2D eigenvalue weighted by molar-refractivity contribution is 8.00. The first-order valence-corrected chi connectivity index (χ1v) is 13.4. The van der Waals surface area contributed by atoms with E-state index in [4.69, 9.17) is 0 Å². The van der Waals surface area contributed by atoms with Gasteiger partial charge >= 0.3 is 0 Å². The number of thioether (sulfide) groups is 1. The van der Waals surface area contributed by atoms with Gasteiger partial charge in [0, 0.05) is 30.1 Å². The van der Waals surface area contributed by atoms with Gasteiger partial charge in [0.25, 0.3) is 5.91 Å². The van der Waals surface area contributed by atoms with Crippen LogP contribution in [0.3, 0.4) is 0 Å². The van der Waals surface area contributed by atoms with E-state index in [1.54, 1.807) is 11.8 Å². The number of nitrogens with zero attached hydrogens (tertiary/aromatic N) is 2. The van der Waals surface area contributed by atoms with E-state index in [0.717, 1.165) is 54.0 Å². The number of nitrogens with one attached hydrogen (secondary N) is 1. The van der Waals surface area contributed by atoms with E-state index in [9.17, 15) is 9.59 Å². The third-order valence-corrected chi connectivity index (χ3v) is 7.93.